The molecule has 0 bridgehead atoms. The zero-order valence-corrected chi connectivity index (χ0v) is 9.94. The van der Waals surface area contributed by atoms with E-state index in [1.165, 1.54) is 5.57 Å². The molecule has 0 spiro atoms. The van der Waals surface area contributed by atoms with Gasteiger partial charge in [-0.1, -0.05) is 11.6 Å². The summed E-state index contributed by atoms with van der Waals surface area (Å²) in [5.74, 6) is -0.0186. The standard InChI is InChI=1S/C13H17N3O/c1-9-3-2-6-16(8-9)13(17)11-5-4-10(14)7-12(11)15/h3-5,7H,2,6,8,14-15H2,1H3. The molecule has 0 aromatic heterocycles. The highest BCUT2D eigenvalue weighted by Crippen LogP contribution is 2.19. The van der Waals surface area contributed by atoms with Crippen LogP contribution in [0.5, 0.6) is 0 Å². The quantitative estimate of drug-likeness (QED) is 0.570. The summed E-state index contributed by atoms with van der Waals surface area (Å²) in [4.78, 5) is 14.1. The van der Waals surface area contributed by atoms with Gasteiger partial charge in [0.1, 0.15) is 0 Å². The second-order valence-electron chi connectivity index (χ2n) is 4.41. The molecule has 4 N–H and O–H groups in total. The van der Waals surface area contributed by atoms with E-state index in [4.69, 9.17) is 11.5 Å². The molecular formula is C13H17N3O. The largest absolute Gasteiger partial charge is 0.399 e. The number of benzene rings is 1. The van der Waals surface area contributed by atoms with Gasteiger partial charge in [0.2, 0.25) is 0 Å². The van der Waals surface area contributed by atoms with Gasteiger partial charge in [-0.25, -0.2) is 0 Å². The Balaban J connectivity index is 2.22. The molecule has 0 aliphatic carbocycles. The van der Waals surface area contributed by atoms with Crippen LogP contribution >= 0.6 is 0 Å². The summed E-state index contributed by atoms with van der Waals surface area (Å²) in [6, 6.07) is 5.02. The fraction of sp³-hybridized carbons (Fsp3) is 0.308. The van der Waals surface area contributed by atoms with Crippen LogP contribution in [0.3, 0.4) is 0 Å². The molecule has 2 rings (SSSR count). The fourth-order valence-corrected chi connectivity index (χ4v) is 2.03. The molecule has 17 heavy (non-hydrogen) atoms. The van der Waals surface area contributed by atoms with Gasteiger partial charge in [0.15, 0.2) is 0 Å². The van der Waals surface area contributed by atoms with Gasteiger partial charge < -0.3 is 16.4 Å². The third-order valence-electron chi connectivity index (χ3n) is 2.93. The fourth-order valence-electron chi connectivity index (χ4n) is 2.03. The van der Waals surface area contributed by atoms with Crippen molar-refractivity contribution < 1.29 is 4.79 Å². The van der Waals surface area contributed by atoms with Gasteiger partial charge in [0.05, 0.1) is 5.56 Å². The highest BCUT2D eigenvalue weighted by atomic mass is 16.2. The average molecular weight is 231 g/mol. The van der Waals surface area contributed by atoms with Crippen molar-refractivity contribution in [1.82, 2.24) is 4.90 Å². The Hall–Kier alpha value is -1.97. The number of hydrogen-bond donors (Lipinski definition) is 2. The van der Waals surface area contributed by atoms with Crippen LogP contribution in [0.1, 0.15) is 23.7 Å². The summed E-state index contributed by atoms with van der Waals surface area (Å²) in [5, 5.41) is 0. The average Bonchev–Trinajstić information content (AvgIpc) is 2.28. The first-order valence-electron chi connectivity index (χ1n) is 5.68. The monoisotopic (exact) mass is 231 g/mol. The van der Waals surface area contributed by atoms with Crippen LogP contribution in [-0.4, -0.2) is 23.9 Å². The molecule has 0 fully saturated rings. The second kappa shape index (κ2) is 4.49. The molecular weight excluding hydrogens is 214 g/mol. The van der Waals surface area contributed by atoms with Crippen molar-refractivity contribution in [2.75, 3.05) is 24.6 Å². The molecule has 1 amide bonds. The maximum Gasteiger partial charge on any atom is 0.256 e. The van der Waals surface area contributed by atoms with Crippen LogP contribution in [0.15, 0.2) is 29.8 Å². The summed E-state index contributed by atoms with van der Waals surface area (Å²) in [5.41, 5.74) is 14.2. The lowest BCUT2D eigenvalue weighted by Gasteiger charge is -2.26. The molecule has 1 aromatic rings. The molecule has 0 saturated carbocycles. The lowest BCUT2D eigenvalue weighted by atomic mass is 10.1. The molecule has 1 heterocycles. The van der Waals surface area contributed by atoms with E-state index >= 15 is 0 Å². The van der Waals surface area contributed by atoms with Crippen molar-refractivity contribution in [3.8, 4) is 0 Å². The van der Waals surface area contributed by atoms with E-state index in [1.807, 2.05) is 11.8 Å². The minimum absolute atomic E-state index is 0.0186. The van der Waals surface area contributed by atoms with Crippen LogP contribution < -0.4 is 11.5 Å². The van der Waals surface area contributed by atoms with Gasteiger partial charge in [-0.3, -0.25) is 4.79 Å². The van der Waals surface area contributed by atoms with Gasteiger partial charge in [0.25, 0.3) is 5.91 Å². The number of nitrogens with two attached hydrogens (primary N) is 2. The van der Waals surface area contributed by atoms with Gasteiger partial charge in [-0.05, 0) is 31.5 Å². The molecule has 4 nitrogen and oxygen atoms in total. The Kier molecular flexibility index (Phi) is 3.04. The van der Waals surface area contributed by atoms with E-state index in [0.717, 1.165) is 13.0 Å². The summed E-state index contributed by atoms with van der Waals surface area (Å²) in [7, 11) is 0. The predicted molar refractivity (Wildman–Crippen MR) is 69.5 cm³/mol. The van der Waals surface area contributed by atoms with Crippen LogP contribution in [0, 0.1) is 0 Å². The maximum atomic E-state index is 12.3. The Labute approximate surface area is 101 Å². The molecule has 1 aromatic carbocycles. The third-order valence-corrected chi connectivity index (χ3v) is 2.93. The summed E-state index contributed by atoms with van der Waals surface area (Å²) in [6.07, 6.45) is 3.07. The van der Waals surface area contributed by atoms with Crippen molar-refractivity contribution in [2.24, 2.45) is 0 Å². The third kappa shape index (κ3) is 2.41. The predicted octanol–water partition coefficient (Wildman–Crippen LogP) is 1.64. The first kappa shape index (κ1) is 11.5. The van der Waals surface area contributed by atoms with Crippen LogP contribution in [-0.2, 0) is 0 Å². The molecule has 1 aliphatic rings. The minimum atomic E-state index is -0.0186. The number of nitrogen functional groups attached to an aromatic ring is 2. The summed E-state index contributed by atoms with van der Waals surface area (Å²) in [6.45, 7) is 3.47. The van der Waals surface area contributed by atoms with Gasteiger partial charge >= 0.3 is 0 Å². The minimum Gasteiger partial charge on any atom is -0.399 e. The first-order valence-corrected chi connectivity index (χ1v) is 5.68. The molecule has 0 atom stereocenters. The zero-order chi connectivity index (χ0) is 12.4. The normalized spacial score (nSPS) is 15.6. The summed E-state index contributed by atoms with van der Waals surface area (Å²) >= 11 is 0. The number of hydrogen-bond acceptors (Lipinski definition) is 3. The highest BCUT2D eigenvalue weighted by molar-refractivity contribution is 5.99. The molecule has 4 heteroatoms. The van der Waals surface area contributed by atoms with E-state index < -0.39 is 0 Å². The van der Waals surface area contributed by atoms with Gasteiger partial charge in [-0.2, -0.15) is 0 Å². The van der Waals surface area contributed by atoms with E-state index in [2.05, 4.69) is 6.08 Å². The molecule has 0 saturated heterocycles. The number of amides is 1. The number of carbonyl (C=O) groups excluding carboxylic acids is 1. The number of anilines is 2. The van der Waals surface area contributed by atoms with Crippen molar-refractivity contribution in [1.29, 1.82) is 0 Å². The van der Waals surface area contributed by atoms with Crippen molar-refractivity contribution in [3.05, 3.63) is 35.4 Å². The lowest BCUT2D eigenvalue weighted by molar-refractivity contribution is 0.0767. The Morgan fingerprint density at radius 1 is 1.35 bits per heavy atom. The van der Waals surface area contributed by atoms with E-state index in [9.17, 15) is 4.79 Å². The first-order chi connectivity index (χ1) is 8.08. The summed E-state index contributed by atoms with van der Waals surface area (Å²) < 4.78 is 0. The van der Waals surface area contributed by atoms with E-state index in [0.29, 0.717) is 23.5 Å². The zero-order valence-electron chi connectivity index (χ0n) is 9.94. The topological polar surface area (TPSA) is 72.3 Å². The number of carbonyl (C=O) groups is 1. The molecule has 0 unspecified atom stereocenters. The lowest BCUT2D eigenvalue weighted by Crippen LogP contribution is -2.35. The van der Waals surface area contributed by atoms with Crippen LogP contribution in [0.2, 0.25) is 0 Å². The van der Waals surface area contributed by atoms with E-state index in [-0.39, 0.29) is 5.91 Å². The second-order valence-corrected chi connectivity index (χ2v) is 4.41. The smallest absolute Gasteiger partial charge is 0.256 e. The highest BCUT2D eigenvalue weighted by Gasteiger charge is 2.19. The van der Waals surface area contributed by atoms with Crippen LogP contribution in [0.4, 0.5) is 11.4 Å². The number of nitrogens with zero attached hydrogens (tertiary/aromatic N) is 1. The molecule has 0 radical (unpaired) electrons. The van der Waals surface area contributed by atoms with Gasteiger partial charge in [-0.15, -0.1) is 0 Å². The maximum absolute atomic E-state index is 12.3. The Morgan fingerprint density at radius 3 is 2.76 bits per heavy atom. The van der Waals surface area contributed by atoms with Crippen molar-refractivity contribution in [3.63, 3.8) is 0 Å². The Bertz CT molecular complexity index is 480. The Morgan fingerprint density at radius 2 is 2.12 bits per heavy atom. The van der Waals surface area contributed by atoms with Crippen molar-refractivity contribution in [2.45, 2.75) is 13.3 Å². The SMILES string of the molecule is CC1=CCCN(C(=O)c2ccc(N)cc2N)C1. The molecule has 1 aliphatic heterocycles. The van der Waals surface area contributed by atoms with Gasteiger partial charge in [0, 0.05) is 24.5 Å². The van der Waals surface area contributed by atoms with E-state index in [1.54, 1.807) is 18.2 Å². The van der Waals surface area contributed by atoms with Crippen molar-refractivity contribution >= 4 is 17.3 Å². The molecule has 90 valence electrons. The number of rotatable bonds is 1. The van der Waals surface area contributed by atoms with Crippen LogP contribution in [0.25, 0.3) is 0 Å².